The van der Waals surface area contributed by atoms with E-state index in [4.69, 9.17) is 11.1 Å². The van der Waals surface area contributed by atoms with Crippen molar-refractivity contribution >= 4 is 28.8 Å². The fraction of sp³-hybridized carbons (Fsp3) is 0.517. The molecular weight excluding hydrogens is 464 g/mol. The first-order valence-electron chi connectivity index (χ1n) is 13.6. The number of anilines is 1. The Balaban J connectivity index is 1.34. The summed E-state index contributed by atoms with van der Waals surface area (Å²) in [7, 11) is 0. The summed E-state index contributed by atoms with van der Waals surface area (Å²) in [4.78, 5) is 27.0. The van der Waals surface area contributed by atoms with Gasteiger partial charge >= 0.3 is 0 Å². The molecule has 1 atom stereocenters. The minimum atomic E-state index is -0.604. The molecule has 3 aliphatic rings. The lowest BCUT2D eigenvalue weighted by Gasteiger charge is -2.28. The zero-order valence-electron chi connectivity index (χ0n) is 22.0. The van der Waals surface area contributed by atoms with Crippen molar-refractivity contribution in [1.82, 2.24) is 15.1 Å². The molecule has 1 aromatic carbocycles. The third-order valence-electron chi connectivity index (χ3n) is 7.77. The Labute approximate surface area is 218 Å². The maximum Gasteiger partial charge on any atom is 0.270 e. The third-order valence-corrected chi connectivity index (χ3v) is 7.77. The molecule has 0 aliphatic heterocycles. The van der Waals surface area contributed by atoms with E-state index < -0.39 is 6.04 Å². The largest absolute Gasteiger partial charge is 0.402 e. The lowest BCUT2D eigenvalue weighted by Crippen LogP contribution is -2.50. The quantitative estimate of drug-likeness (QED) is 0.331. The number of benzene rings is 1. The van der Waals surface area contributed by atoms with Gasteiger partial charge in [0, 0.05) is 40.8 Å². The number of hydrogen-bond acceptors (Lipinski definition) is 5. The SMILES string of the molecule is C/C(N)=C(/C(=N)C1CC1)c1ccc(NC(=O)C(NC(=O)c2ccnn2C(C)C)C(C2CC2)C2CC2)cc1. The molecule has 0 bridgehead atoms. The van der Waals surface area contributed by atoms with Crippen LogP contribution >= 0.6 is 0 Å². The van der Waals surface area contributed by atoms with Crippen molar-refractivity contribution in [3.63, 3.8) is 0 Å². The van der Waals surface area contributed by atoms with Crippen molar-refractivity contribution in [2.75, 3.05) is 5.32 Å². The van der Waals surface area contributed by atoms with Gasteiger partial charge in [0.25, 0.3) is 5.91 Å². The zero-order chi connectivity index (χ0) is 26.3. The summed E-state index contributed by atoms with van der Waals surface area (Å²) >= 11 is 0. The van der Waals surface area contributed by atoms with Gasteiger partial charge in [0.05, 0.1) is 0 Å². The van der Waals surface area contributed by atoms with Gasteiger partial charge in [-0.15, -0.1) is 0 Å². The Morgan fingerprint density at radius 2 is 1.65 bits per heavy atom. The smallest absolute Gasteiger partial charge is 0.270 e. The number of nitrogens with zero attached hydrogens (tertiary/aromatic N) is 2. The summed E-state index contributed by atoms with van der Waals surface area (Å²) in [5.41, 5.74) is 10.2. The molecule has 0 saturated heterocycles. The summed E-state index contributed by atoms with van der Waals surface area (Å²) < 4.78 is 1.69. The first kappa shape index (κ1) is 25.2. The number of carbonyl (C=O) groups excluding carboxylic acids is 2. The Hall–Kier alpha value is -3.42. The molecule has 3 fully saturated rings. The highest BCUT2D eigenvalue weighted by Crippen LogP contribution is 2.51. The minimum Gasteiger partial charge on any atom is -0.402 e. The Bertz CT molecular complexity index is 1200. The monoisotopic (exact) mass is 502 g/mol. The second kappa shape index (κ2) is 10.1. The maximum absolute atomic E-state index is 13.7. The van der Waals surface area contributed by atoms with Crippen LogP contribution in [0.2, 0.25) is 0 Å². The van der Waals surface area contributed by atoms with Gasteiger partial charge < -0.3 is 21.8 Å². The highest BCUT2D eigenvalue weighted by molar-refractivity contribution is 6.24. The summed E-state index contributed by atoms with van der Waals surface area (Å²) in [6.45, 7) is 5.79. The zero-order valence-corrected chi connectivity index (χ0v) is 22.0. The lowest BCUT2D eigenvalue weighted by molar-refractivity contribution is -0.119. The first-order valence-corrected chi connectivity index (χ1v) is 13.6. The van der Waals surface area contributed by atoms with Gasteiger partial charge in [-0.2, -0.15) is 5.10 Å². The van der Waals surface area contributed by atoms with Crippen LogP contribution < -0.4 is 16.4 Å². The maximum atomic E-state index is 13.7. The van der Waals surface area contributed by atoms with Gasteiger partial charge in [-0.1, -0.05) is 12.1 Å². The molecule has 2 amide bonds. The summed E-state index contributed by atoms with van der Waals surface area (Å²) in [5, 5.41) is 18.9. The molecule has 8 heteroatoms. The molecule has 1 unspecified atom stereocenters. The van der Waals surface area contributed by atoms with Gasteiger partial charge in [0.2, 0.25) is 5.91 Å². The molecule has 196 valence electrons. The van der Waals surface area contributed by atoms with Crippen molar-refractivity contribution in [3.05, 3.63) is 53.5 Å². The van der Waals surface area contributed by atoms with Crippen LogP contribution in [-0.4, -0.2) is 33.3 Å². The number of amides is 2. The van der Waals surface area contributed by atoms with Crippen molar-refractivity contribution in [3.8, 4) is 0 Å². The number of carbonyl (C=O) groups is 2. The van der Waals surface area contributed by atoms with Crippen molar-refractivity contribution in [2.45, 2.75) is 71.4 Å². The van der Waals surface area contributed by atoms with Crippen molar-refractivity contribution in [2.24, 2.45) is 29.4 Å². The molecule has 1 aromatic heterocycles. The second-order valence-electron chi connectivity index (χ2n) is 11.3. The molecule has 5 rings (SSSR count). The molecular formula is C29H38N6O2. The van der Waals surface area contributed by atoms with Gasteiger partial charge in [-0.25, -0.2) is 0 Å². The van der Waals surface area contributed by atoms with Crippen LogP contribution in [0.1, 0.15) is 81.4 Å². The molecule has 0 radical (unpaired) electrons. The highest BCUT2D eigenvalue weighted by atomic mass is 16.2. The number of nitrogens with one attached hydrogen (secondary N) is 3. The molecule has 8 nitrogen and oxygen atoms in total. The van der Waals surface area contributed by atoms with Crippen LogP contribution in [0.15, 0.2) is 42.2 Å². The van der Waals surface area contributed by atoms with Crippen LogP contribution in [0, 0.1) is 29.1 Å². The van der Waals surface area contributed by atoms with Gasteiger partial charge in [0.1, 0.15) is 11.7 Å². The standard InChI is InChI=1S/C29H38N6O2/c1-16(2)35-23(14-15-32-35)28(36)34-27(25(19-4-5-19)20-6-7-20)29(37)33-22-12-10-18(11-13-22)24(17(3)30)26(31)21-8-9-21/h10-16,19-21,25,27,31H,4-9,30H2,1-3H3,(H,33,37)(H,34,36)/b24-17-,31-26?. The summed E-state index contributed by atoms with van der Waals surface area (Å²) in [5.74, 6) is 0.958. The third kappa shape index (κ3) is 5.63. The fourth-order valence-electron chi connectivity index (χ4n) is 5.46. The van der Waals surface area contributed by atoms with Gasteiger partial charge in [-0.3, -0.25) is 14.3 Å². The van der Waals surface area contributed by atoms with E-state index in [9.17, 15) is 9.59 Å². The lowest BCUT2D eigenvalue weighted by atomic mass is 9.88. The van der Waals surface area contributed by atoms with Gasteiger partial charge in [0.15, 0.2) is 0 Å². The minimum absolute atomic E-state index is 0.0432. The molecule has 5 N–H and O–H groups in total. The van der Waals surface area contributed by atoms with Crippen LogP contribution in [-0.2, 0) is 4.79 Å². The molecule has 3 aliphatic carbocycles. The Morgan fingerprint density at radius 3 is 2.16 bits per heavy atom. The summed E-state index contributed by atoms with van der Waals surface area (Å²) in [6.07, 6.45) is 8.15. The average molecular weight is 503 g/mol. The summed E-state index contributed by atoms with van der Waals surface area (Å²) in [6, 6.07) is 8.67. The first-order chi connectivity index (χ1) is 17.7. The number of nitrogens with two attached hydrogens (primary N) is 1. The Kier molecular flexibility index (Phi) is 6.92. The van der Waals surface area contributed by atoms with E-state index in [1.165, 1.54) is 0 Å². The predicted molar refractivity (Wildman–Crippen MR) is 145 cm³/mol. The van der Waals surface area contributed by atoms with Crippen LogP contribution in [0.25, 0.3) is 5.57 Å². The van der Waals surface area contributed by atoms with Crippen LogP contribution in [0.4, 0.5) is 5.69 Å². The van der Waals surface area contributed by atoms with E-state index in [2.05, 4.69) is 15.7 Å². The molecule has 1 heterocycles. The second-order valence-corrected chi connectivity index (χ2v) is 11.3. The molecule has 2 aromatic rings. The Morgan fingerprint density at radius 1 is 1.03 bits per heavy atom. The van der Waals surface area contributed by atoms with E-state index in [1.807, 2.05) is 45.0 Å². The number of allylic oxidation sites excluding steroid dienone is 2. The molecule has 37 heavy (non-hydrogen) atoms. The topological polar surface area (TPSA) is 126 Å². The molecule has 0 spiro atoms. The van der Waals surface area contributed by atoms with Crippen molar-refractivity contribution in [1.29, 1.82) is 5.41 Å². The normalized spacial score (nSPS) is 18.9. The highest BCUT2D eigenvalue weighted by Gasteiger charge is 2.48. The average Bonchev–Trinajstić information content (AvgIpc) is 3.70. The van der Waals surface area contributed by atoms with Crippen LogP contribution in [0.5, 0.6) is 0 Å². The molecule has 3 saturated carbocycles. The fourth-order valence-corrected chi connectivity index (χ4v) is 5.46. The van der Waals surface area contributed by atoms with Gasteiger partial charge in [-0.05, 0) is 101 Å². The van der Waals surface area contributed by atoms with E-state index >= 15 is 0 Å². The number of rotatable bonds is 11. The number of hydrogen-bond donors (Lipinski definition) is 4. The number of aromatic nitrogens is 2. The van der Waals surface area contributed by atoms with E-state index in [0.29, 0.717) is 40.5 Å². The van der Waals surface area contributed by atoms with Crippen LogP contribution in [0.3, 0.4) is 0 Å². The predicted octanol–water partition coefficient (Wildman–Crippen LogP) is 4.76. The van der Waals surface area contributed by atoms with Crippen molar-refractivity contribution < 1.29 is 9.59 Å². The van der Waals surface area contributed by atoms with E-state index in [0.717, 1.165) is 49.7 Å². The van der Waals surface area contributed by atoms with E-state index in [1.54, 1.807) is 16.9 Å². The van der Waals surface area contributed by atoms with E-state index in [-0.39, 0.29) is 23.8 Å².